The van der Waals surface area contributed by atoms with Gasteiger partial charge in [-0.25, -0.2) is 4.79 Å². The highest BCUT2D eigenvalue weighted by molar-refractivity contribution is 7.12. The van der Waals surface area contributed by atoms with Crippen molar-refractivity contribution in [2.24, 2.45) is 0 Å². The number of ether oxygens (including phenoxy) is 1. The summed E-state index contributed by atoms with van der Waals surface area (Å²) in [6.07, 6.45) is 2.79. The van der Waals surface area contributed by atoms with E-state index in [0.717, 1.165) is 22.6 Å². The Hall–Kier alpha value is -2.70. The Bertz CT molecular complexity index is 959. The highest BCUT2D eigenvalue weighted by Gasteiger charge is 2.31. The Labute approximate surface area is 171 Å². The second-order valence-corrected chi connectivity index (χ2v) is 8.46. The molecular weight excluding hydrogens is 390 g/mol. The van der Waals surface area contributed by atoms with Gasteiger partial charge in [-0.3, -0.25) is 4.79 Å². The molecule has 0 bridgehead atoms. The van der Waals surface area contributed by atoms with Crippen molar-refractivity contribution in [1.82, 2.24) is 5.32 Å². The number of carbonyl (C=O) groups excluding carboxylic acids is 2. The van der Waals surface area contributed by atoms with Crippen LogP contribution in [0.2, 0.25) is 0 Å². The summed E-state index contributed by atoms with van der Waals surface area (Å²) >= 11 is 3.01. The lowest BCUT2D eigenvalue weighted by Crippen LogP contribution is -2.33. The maximum Gasteiger partial charge on any atom is 0.340 e. The highest BCUT2D eigenvalue weighted by atomic mass is 32.1. The minimum absolute atomic E-state index is 0.191. The van der Waals surface area contributed by atoms with E-state index in [0.29, 0.717) is 11.1 Å². The number of rotatable bonds is 7. The molecule has 1 aromatic carbocycles. The molecule has 0 aliphatic heterocycles. The molecule has 6 heteroatoms. The van der Waals surface area contributed by atoms with Crippen LogP contribution in [0.5, 0.6) is 0 Å². The molecule has 2 aromatic heterocycles. The first kappa shape index (κ1) is 18.7. The molecule has 1 saturated carbocycles. The lowest BCUT2D eigenvalue weighted by molar-refractivity contribution is -0.151. The maximum atomic E-state index is 13.1. The first-order valence-corrected chi connectivity index (χ1v) is 10.8. The monoisotopic (exact) mass is 409 g/mol. The van der Waals surface area contributed by atoms with E-state index in [9.17, 15) is 9.59 Å². The van der Waals surface area contributed by atoms with Crippen molar-refractivity contribution < 1.29 is 14.3 Å². The fourth-order valence-electron chi connectivity index (χ4n) is 2.75. The molecule has 1 amide bonds. The SMILES string of the molecule is O=C(O[C@H](C(=O)NC1CC1)c1ccccc1)/C(=C/c1cccs1)c1cccs1. The summed E-state index contributed by atoms with van der Waals surface area (Å²) in [7, 11) is 0. The normalized spacial score (nSPS) is 15.1. The van der Waals surface area contributed by atoms with Crippen LogP contribution in [0, 0.1) is 0 Å². The number of esters is 1. The molecule has 1 aliphatic rings. The molecule has 0 saturated heterocycles. The van der Waals surface area contributed by atoms with Gasteiger partial charge in [0.1, 0.15) is 0 Å². The number of carbonyl (C=O) groups is 2. The van der Waals surface area contributed by atoms with Gasteiger partial charge in [-0.1, -0.05) is 42.5 Å². The molecule has 4 rings (SSSR count). The van der Waals surface area contributed by atoms with E-state index < -0.39 is 12.1 Å². The maximum absolute atomic E-state index is 13.1. The zero-order valence-electron chi connectivity index (χ0n) is 15.0. The molecule has 0 radical (unpaired) electrons. The molecule has 28 heavy (non-hydrogen) atoms. The van der Waals surface area contributed by atoms with E-state index in [1.807, 2.05) is 59.3 Å². The summed E-state index contributed by atoms with van der Waals surface area (Å²) in [6, 6.07) is 17.0. The highest BCUT2D eigenvalue weighted by Crippen LogP contribution is 2.29. The second kappa shape index (κ2) is 8.54. The standard InChI is InChI=1S/C22H19NO3S2/c24-21(23-16-10-11-16)20(15-6-2-1-3-7-15)26-22(25)18(19-9-5-13-28-19)14-17-8-4-12-27-17/h1-9,12-14,16,20H,10-11H2,(H,23,24)/b18-14+/t20-/m0/s1. The fraction of sp³-hybridized carbons (Fsp3) is 0.182. The first-order valence-electron chi connectivity index (χ1n) is 9.06. The van der Waals surface area contributed by atoms with Gasteiger partial charge in [0.15, 0.2) is 0 Å². The van der Waals surface area contributed by atoms with Crippen LogP contribution in [-0.4, -0.2) is 17.9 Å². The molecule has 1 atom stereocenters. The van der Waals surface area contributed by atoms with Crippen molar-refractivity contribution in [2.75, 3.05) is 0 Å². The number of nitrogens with one attached hydrogen (secondary N) is 1. The molecular formula is C22H19NO3S2. The van der Waals surface area contributed by atoms with Gasteiger partial charge in [-0.05, 0) is 41.8 Å². The van der Waals surface area contributed by atoms with Crippen LogP contribution in [0.1, 0.15) is 34.3 Å². The van der Waals surface area contributed by atoms with E-state index in [1.165, 1.54) is 11.3 Å². The first-order chi connectivity index (χ1) is 13.7. The van der Waals surface area contributed by atoms with Gasteiger partial charge in [0.2, 0.25) is 6.10 Å². The molecule has 142 valence electrons. The van der Waals surface area contributed by atoms with Crippen LogP contribution in [0.25, 0.3) is 11.6 Å². The van der Waals surface area contributed by atoms with Gasteiger partial charge in [-0.15, -0.1) is 22.7 Å². The number of hydrogen-bond donors (Lipinski definition) is 1. The van der Waals surface area contributed by atoms with Gasteiger partial charge in [0.05, 0.1) is 5.57 Å². The minimum atomic E-state index is -0.971. The number of amides is 1. The van der Waals surface area contributed by atoms with Gasteiger partial charge >= 0.3 is 5.97 Å². The predicted molar refractivity (Wildman–Crippen MR) is 113 cm³/mol. The zero-order valence-corrected chi connectivity index (χ0v) is 16.7. The van der Waals surface area contributed by atoms with Crippen LogP contribution >= 0.6 is 22.7 Å². The summed E-state index contributed by atoms with van der Waals surface area (Å²) in [5.74, 6) is -0.778. The van der Waals surface area contributed by atoms with Crippen molar-refractivity contribution in [2.45, 2.75) is 25.0 Å². The van der Waals surface area contributed by atoms with Crippen LogP contribution in [0.15, 0.2) is 65.4 Å². The van der Waals surface area contributed by atoms with Crippen LogP contribution < -0.4 is 5.32 Å². The lowest BCUT2D eigenvalue weighted by Gasteiger charge is -2.18. The van der Waals surface area contributed by atoms with E-state index >= 15 is 0 Å². The Morgan fingerprint density at radius 2 is 1.75 bits per heavy atom. The molecule has 1 N–H and O–H groups in total. The number of thiophene rings is 2. The van der Waals surface area contributed by atoms with Crippen LogP contribution in [0.3, 0.4) is 0 Å². The van der Waals surface area contributed by atoms with Crippen molar-refractivity contribution in [3.63, 3.8) is 0 Å². The summed E-state index contributed by atoms with van der Waals surface area (Å²) in [4.78, 5) is 27.6. The molecule has 2 heterocycles. The summed E-state index contributed by atoms with van der Waals surface area (Å²) in [6.45, 7) is 0. The summed E-state index contributed by atoms with van der Waals surface area (Å²) in [5.41, 5.74) is 1.12. The third-order valence-corrected chi connectivity index (χ3v) is 6.05. The molecule has 3 aromatic rings. The van der Waals surface area contributed by atoms with Gasteiger partial charge in [0.25, 0.3) is 5.91 Å². The minimum Gasteiger partial charge on any atom is -0.444 e. The van der Waals surface area contributed by atoms with E-state index in [4.69, 9.17) is 4.74 Å². The Morgan fingerprint density at radius 3 is 2.39 bits per heavy atom. The molecule has 0 spiro atoms. The third kappa shape index (κ3) is 4.58. The van der Waals surface area contributed by atoms with Gasteiger partial charge < -0.3 is 10.1 Å². The lowest BCUT2D eigenvalue weighted by atomic mass is 10.1. The summed E-state index contributed by atoms with van der Waals surface area (Å²) in [5, 5.41) is 6.82. The Morgan fingerprint density at radius 1 is 1.00 bits per heavy atom. The molecule has 1 fully saturated rings. The average molecular weight is 410 g/mol. The van der Waals surface area contributed by atoms with Crippen LogP contribution in [0.4, 0.5) is 0 Å². The zero-order chi connectivity index (χ0) is 19.3. The largest absolute Gasteiger partial charge is 0.444 e. The van der Waals surface area contributed by atoms with Crippen molar-refractivity contribution >= 4 is 46.2 Å². The smallest absolute Gasteiger partial charge is 0.340 e. The van der Waals surface area contributed by atoms with E-state index in [-0.39, 0.29) is 11.9 Å². The van der Waals surface area contributed by atoms with Crippen LogP contribution in [-0.2, 0) is 14.3 Å². The molecule has 0 unspecified atom stereocenters. The summed E-state index contributed by atoms with van der Waals surface area (Å²) < 4.78 is 5.75. The van der Waals surface area contributed by atoms with Crippen molar-refractivity contribution in [3.8, 4) is 0 Å². The quantitative estimate of drug-likeness (QED) is 0.445. The Balaban J connectivity index is 1.62. The van der Waals surface area contributed by atoms with E-state index in [1.54, 1.807) is 23.5 Å². The van der Waals surface area contributed by atoms with E-state index in [2.05, 4.69) is 5.32 Å². The second-order valence-electron chi connectivity index (χ2n) is 6.53. The predicted octanol–water partition coefficient (Wildman–Crippen LogP) is 4.91. The molecule has 4 nitrogen and oxygen atoms in total. The number of hydrogen-bond acceptors (Lipinski definition) is 5. The van der Waals surface area contributed by atoms with Gasteiger partial charge in [0, 0.05) is 21.4 Å². The fourth-order valence-corrected chi connectivity index (χ4v) is 4.14. The van der Waals surface area contributed by atoms with Crippen molar-refractivity contribution in [3.05, 3.63) is 80.7 Å². The topological polar surface area (TPSA) is 55.4 Å². The molecule has 1 aliphatic carbocycles. The Kier molecular flexibility index (Phi) is 5.69. The average Bonchev–Trinajstić information content (AvgIpc) is 3.15. The third-order valence-electron chi connectivity index (χ3n) is 4.33. The van der Waals surface area contributed by atoms with Gasteiger partial charge in [-0.2, -0.15) is 0 Å². The van der Waals surface area contributed by atoms with Crippen molar-refractivity contribution in [1.29, 1.82) is 0 Å². The number of benzene rings is 1.